The van der Waals surface area contributed by atoms with Gasteiger partial charge >= 0.3 is 0 Å². The Morgan fingerprint density at radius 3 is 2.38 bits per heavy atom. The van der Waals surface area contributed by atoms with Gasteiger partial charge in [-0.05, 0) is 41.5 Å². The normalized spacial score (nSPS) is 11.4. The number of hydrogen-bond donors (Lipinski definition) is 2. The lowest BCUT2D eigenvalue weighted by molar-refractivity contribution is 0.100. The summed E-state index contributed by atoms with van der Waals surface area (Å²) in [6.45, 7) is 1.71. The van der Waals surface area contributed by atoms with Crippen molar-refractivity contribution in [2.45, 2.75) is 11.8 Å². The molecule has 24 heavy (non-hydrogen) atoms. The Labute approximate surface area is 140 Å². The zero-order chi connectivity index (χ0) is 17.3. The van der Waals surface area contributed by atoms with Gasteiger partial charge in [-0.3, -0.25) is 9.52 Å². The van der Waals surface area contributed by atoms with Crippen LogP contribution in [0.1, 0.15) is 15.9 Å². The van der Waals surface area contributed by atoms with E-state index in [4.69, 9.17) is 5.73 Å². The van der Waals surface area contributed by atoms with Crippen molar-refractivity contribution in [1.29, 1.82) is 0 Å². The first-order chi connectivity index (χ1) is 11.4. The SMILES string of the molecule is Cc1cccc(C(N)=O)c1NS(=O)(=O)c1ccc2ccccc2c1. The zero-order valence-corrected chi connectivity index (χ0v) is 13.8. The summed E-state index contributed by atoms with van der Waals surface area (Å²) in [6, 6.07) is 17.2. The first-order valence-corrected chi connectivity index (χ1v) is 8.78. The van der Waals surface area contributed by atoms with Crippen LogP contribution in [0.25, 0.3) is 10.8 Å². The fourth-order valence-electron chi connectivity index (χ4n) is 2.54. The van der Waals surface area contributed by atoms with Crippen molar-refractivity contribution in [2.75, 3.05) is 4.72 Å². The Morgan fingerprint density at radius 1 is 0.958 bits per heavy atom. The molecule has 0 spiro atoms. The average Bonchev–Trinajstić information content (AvgIpc) is 2.56. The van der Waals surface area contributed by atoms with E-state index in [0.717, 1.165) is 10.8 Å². The van der Waals surface area contributed by atoms with Crippen LogP contribution in [-0.2, 0) is 10.0 Å². The molecular weight excluding hydrogens is 324 g/mol. The minimum Gasteiger partial charge on any atom is -0.366 e. The third-order valence-electron chi connectivity index (χ3n) is 3.81. The number of primary amides is 1. The molecule has 0 aliphatic carbocycles. The highest BCUT2D eigenvalue weighted by Crippen LogP contribution is 2.25. The van der Waals surface area contributed by atoms with Crippen molar-refractivity contribution in [3.05, 3.63) is 71.8 Å². The molecule has 0 saturated heterocycles. The molecule has 3 N–H and O–H groups in total. The van der Waals surface area contributed by atoms with E-state index in [1.165, 1.54) is 12.1 Å². The van der Waals surface area contributed by atoms with Crippen molar-refractivity contribution in [1.82, 2.24) is 0 Å². The van der Waals surface area contributed by atoms with Crippen molar-refractivity contribution in [3.8, 4) is 0 Å². The van der Waals surface area contributed by atoms with E-state index in [-0.39, 0.29) is 16.1 Å². The maximum absolute atomic E-state index is 12.7. The summed E-state index contributed by atoms with van der Waals surface area (Å²) in [7, 11) is -3.84. The highest BCUT2D eigenvalue weighted by molar-refractivity contribution is 7.92. The van der Waals surface area contributed by atoms with E-state index in [2.05, 4.69) is 4.72 Å². The molecule has 0 aliphatic heterocycles. The highest BCUT2D eigenvalue weighted by atomic mass is 32.2. The van der Waals surface area contributed by atoms with Gasteiger partial charge in [-0.15, -0.1) is 0 Å². The molecule has 0 fully saturated rings. The van der Waals surface area contributed by atoms with Gasteiger partial charge < -0.3 is 5.73 Å². The fourth-order valence-corrected chi connectivity index (χ4v) is 3.72. The number of nitrogens with two attached hydrogens (primary N) is 1. The van der Waals surface area contributed by atoms with Crippen molar-refractivity contribution in [2.24, 2.45) is 5.73 Å². The van der Waals surface area contributed by atoms with Gasteiger partial charge in [0.2, 0.25) is 0 Å². The molecule has 0 saturated carbocycles. The summed E-state index contributed by atoms with van der Waals surface area (Å²) in [5.41, 5.74) is 6.31. The predicted molar refractivity (Wildman–Crippen MR) is 94.5 cm³/mol. The summed E-state index contributed by atoms with van der Waals surface area (Å²) >= 11 is 0. The molecule has 5 nitrogen and oxygen atoms in total. The Morgan fingerprint density at radius 2 is 1.67 bits per heavy atom. The number of hydrogen-bond acceptors (Lipinski definition) is 3. The number of nitrogens with one attached hydrogen (secondary N) is 1. The summed E-state index contributed by atoms with van der Waals surface area (Å²) in [4.78, 5) is 11.7. The van der Waals surface area contributed by atoms with Crippen molar-refractivity contribution >= 4 is 32.4 Å². The molecule has 3 aromatic rings. The number of carbonyl (C=O) groups excluding carboxylic acids is 1. The Kier molecular flexibility index (Phi) is 3.99. The van der Waals surface area contributed by atoms with Gasteiger partial charge in [0.15, 0.2) is 0 Å². The number of benzene rings is 3. The Hall–Kier alpha value is -2.86. The Bertz CT molecular complexity index is 1040. The monoisotopic (exact) mass is 340 g/mol. The van der Waals surface area contributed by atoms with E-state index < -0.39 is 15.9 Å². The second-order valence-electron chi connectivity index (χ2n) is 5.48. The third-order valence-corrected chi connectivity index (χ3v) is 5.15. The number of rotatable bonds is 4. The predicted octanol–water partition coefficient (Wildman–Crippen LogP) is 3.05. The summed E-state index contributed by atoms with van der Waals surface area (Å²) in [5.74, 6) is -0.685. The maximum Gasteiger partial charge on any atom is 0.261 e. The number of sulfonamides is 1. The van der Waals surface area contributed by atoms with Crippen LogP contribution in [0.2, 0.25) is 0 Å². The number of amides is 1. The molecule has 0 heterocycles. The minimum atomic E-state index is -3.84. The van der Waals surface area contributed by atoms with E-state index >= 15 is 0 Å². The maximum atomic E-state index is 12.7. The molecule has 1 amide bonds. The van der Waals surface area contributed by atoms with Crippen LogP contribution in [0.4, 0.5) is 5.69 Å². The van der Waals surface area contributed by atoms with Crippen LogP contribution in [-0.4, -0.2) is 14.3 Å². The molecule has 122 valence electrons. The number of carbonyl (C=O) groups is 1. The van der Waals surface area contributed by atoms with Gasteiger partial charge in [0.25, 0.3) is 15.9 Å². The lowest BCUT2D eigenvalue weighted by Gasteiger charge is -2.14. The van der Waals surface area contributed by atoms with Crippen molar-refractivity contribution in [3.63, 3.8) is 0 Å². The van der Waals surface area contributed by atoms with Crippen LogP contribution in [0.5, 0.6) is 0 Å². The molecule has 3 rings (SSSR count). The van der Waals surface area contributed by atoms with Crippen LogP contribution in [0.15, 0.2) is 65.6 Å². The van der Waals surface area contributed by atoms with Gasteiger partial charge in [-0.25, -0.2) is 8.42 Å². The van der Waals surface area contributed by atoms with Gasteiger partial charge in [-0.2, -0.15) is 0 Å². The second-order valence-corrected chi connectivity index (χ2v) is 7.16. The van der Waals surface area contributed by atoms with Crippen molar-refractivity contribution < 1.29 is 13.2 Å². The molecular formula is C18H16N2O3S. The van der Waals surface area contributed by atoms with Gasteiger partial charge in [-0.1, -0.05) is 42.5 Å². The number of fused-ring (bicyclic) bond motifs is 1. The molecule has 0 unspecified atom stereocenters. The first-order valence-electron chi connectivity index (χ1n) is 7.29. The number of aryl methyl sites for hydroxylation is 1. The topological polar surface area (TPSA) is 89.3 Å². The van der Waals surface area contributed by atoms with Crippen LogP contribution in [0.3, 0.4) is 0 Å². The number of para-hydroxylation sites is 1. The van der Waals surface area contributed by atoms with E-state index in [1.54, 1.807) is 31.2 Å². The third kappa shape index (κ3) is 2.96. The van der Waals surface area contributed by atoms with E-state index in [9.17, 15) is 13.2 Å². The molecule has 6 heteroatoms. The zero-order valence-electron chi connectivity index (χ0n) is 13.0. The first kappa shape index (κ1) is 16.0. The largest absolute Gasteiger partial charge is 0.366 e. The summed E-state index contributed by atoms with van der Waals surface area (Å²) in [6.07, 6.45) is 0. The quantitative estimate of drug-likeness (QED) is 0.765. The lowest BCUT2D eigenvalue weighted by Crippen LogP contribution is -2.19. The lowest BCUT2D eigenvalue weighted by atomic mass is 10.1. The molecule has 0 aromatic heterocycles. The number of anilines is 1. The standard InChI is InChI=1S/C18H16N2O3S/c1-12-5-4-8-16(18(19)21)17(12)20-24(22,23)15-10-9-13-6-2-3-7-14(13)11-15/h2-11,20H,1H3,(H2,19,21). The van der Waals surface area contributed by atoms with Gasteiger partial charge in [0, 0.05) is 0 Å². The summed E-state index contributed by atoms with van der Waals surface area (Å²) < 4.78 is 27.9. The smallest absolute Gasteiger partial charge is 0.261 e. The van der Waals surface area contributed by atoms with Gasteiger partial charge in [0.1, 0.15) is 0 Å². The molecule has 0 bridgehead atoms. The van der Waals surface area contributed by atoms with Crippen LogP contribution >= 0.6 is 0 Å². The van der Waals surface area contributed by atoms with E-state index in [1.807, 2.05) is 24.3 Å². The second kappa shape index (κ2) is 5.98. The Balaban J connectivity index is 2.07. The van der Waals surface area contributed by atoms with E-state index in [0.29, 0.717) is 5.56 Å². The molecule has 3 aromatic carbocycles. The molecule has 0 atom stereocenters. The molecule has 0 radical (unpaired) electrons. The van der Waals surface area contributed by atoms with Crippen LogP contribution < -0.4 is 10.5 Å². The van der Waals surface area contributed by atoms with Crippen LogP contribution in [0, 0.1) is 6.92 Å². The minimum absolute atomic E-state index is 0.125. The molecule has 0 aliphatic rings. The summed E-state index contributed by atoms with van der Waals surface area (Å²) in [5, 5.41) is 1.77. The van der Waals surface area contributed by atoms with Gasteiger partial charge in [0.05, 0.1) is 16.1 Å². The average molecular weight is 340 g/mol. The fraction of sp³-hybridized carbons (Fsp3) is 0.0556. The highest BCUT2D eigenvalue weighted by Gasteiger charge is 2.19.